The monoisotopic (exact) mass is 431 g/mol. The Morgan fingerprint density at radius 1 is 1.13 bits per heavy atom. The third-order valence-electron chi connectivity index (χ3n) is 7.37. The summed E-state index contributed by atoms with van der Waals surface area (Å²) in [4.78, 5) is 45.7. The molecule has 3 amide bonds. The molecular formula is C23H33N3O5. The van der Waals surface area contributed by atoms with E-state index in [9.17, 15) is 19.5 Å². The predicted molar refractivity (Wildman–Crippen MR) is 114 cm³/mol. The van der Waals surface area contributed by atoms with Crippen molar-refractivity contribution in [3.63, 3.8) is 0 Å². The number of aliphatic hydroxyl groups excluding tert-OH is 1. The lowest BCUT2D eigenvalue weighted by molar-refractivity contribution is -0.153. The lowest BCUT2D eigenvalue weighted by Crippen LogP contribution is -2.57. The summed E-state index contributed by atoms with van der Waals surface area (Å²) in [7, 11) is 1.72. The van der Waals surface area contributed by atoms with Gasteiger partial charge in [-0.15, -0.1) is 0 Å². The predicted octanol–water partition coefficient (Wildman–Crippen LogP) is 0.565. The van der Waals surface area contributed by atoms with Crippen LogP contribution < -0.4 is 0 Å². The fourth-order valence-electron chi connectivity index (χ4n) is 5.98. The first-order chi connectivity index (χ1) is 14.7. The number of rotatable bonds is 5. The van der Waals surface area contributed by atoms with Gasteiger partial charge in [0.25, 0.3) is 0 Å². The van der Waals surface area contributed by atoms with Crippen LogP contribution >= 0.6 is 0 Å². The molecule has 0 saturated carbocycles. The van der Waals surface area contributed by atoms with Gasteiger partial charge in [0.15, 0.2) is 0 Å². The SMILES string of the molecule is CCCC(C)N1CC=C[C@]23O[C@]4(C)C=CCN(C)C(=O)[C@@H]4[C@H]2C(=O)N(CCO)C3C1=O. The fraction of sp³-hybridized carbons (Fsp3) is 0.696. The number of likely N-dealkylation sites (tertiary alicyclic amines) is 1. The second-order valence-electron chi connectivity index (χ2n) is 9.40. The van der Waals surface area contributed by atoms with Crippen LogP contribution in [-0.4, -0.2) is 94.1 Å². The molecule has 4 aliphatic heterocycles. The first-order valence-electron chi connectivity index (χ1n) is 11.2. The van der Waals surface area contributed by atoms with E-state index in [4.69, 9.17) is 4.74 Å². The number of carbonyl (C=O) groups excluding carboxylic acids is 3. The van der Waals surface area contributed by atoms with Crippen molar-refractivity contribution in [3.8, 4) is 0 Å². The van der Waals surface area contributed by atoms with Gasteiger partial charge >= 0.3 is 0 Å². The molecule has 4 aliphatic rings. The van der Waals surface area contributed by atoms with Gasteiger partial charge in [-0.05, 0) is 20.3 Å². The van der Waals surface area contributed by atoms with Crippen molar-refractivity contribution in [1.82, 2.24) is 14.7 Å². The average Bonchev–Trinajstić information content (AvgIpc) is 2.98. The number of fused-ring (bicyclic) bond motifs is 2. The van der Waals surface area contributed by atoms with Crippen LogP contribution in [0.5, 0.6) is 0 Å². The minimum Gasteiger partial charge on any atom is -0.395 e. The highest BCUT2D eigenvalue weighted by Gasteiger charge is 2.74. The van der Waals surface area contributed by atoms with Crippen LogP contribution in [0.2, 0.25) is 0 Å². The zero-order chi connectivity index (χ0) is 22.6. The van der Waals surface area contributed by atoms with E-state index in [-0.39, 0.29) is 36.9 Å². The molecular weight excluding hydrogens is 398 g/mol. The van der Waals surface area contributed by atoms with E-state index in [1.165, 1.54) is 4.90 Å². The number of nitrogens with zero attached hydrogens (tertiary/aromatic N) is 3. The third kappa shape index (κ3) is 3.06. The summed E-state index contributed by atoms with van der Waals surface area (Å²) in [6, 6.07) is -0.886. The van der Waals surface area contributed by atoms with E-state index in [1.54, 1.807) is 16.8 Å². The van der Waals surface area contributed by atoms with Crippen LogP contribution in [-0.2, 0) is 19.1 Å². The van der Waals surface area contributed by atoms with E-state index in [2.05, 4.69) is 6.92 Å². The minimum absolute atomic E-state index is 0.0116. The van der Waals surface area contributed by atoms with E-state index < -0.39 is 29.1 Å². The van der Waals surface area contributed by atoms with Crippen LogP contribution in [0.15, 0.2) is 24.3 Å². The van der Waals surface area contributed by atoms with Gasteiger partial charge in [-0.3, -0.25) is 14.4 Å². The molecule has 1 spiro atoms. The molecule has 31 heavy (non-hydrogen) atoms. The number of aliphatic hydroxyl groups is 1. The molecule has 6 atom stereocenters. The molecule has 0 aromatic carbocycles. The molecule has 2 fully saturated rings. The molecule has 170 valence electrons. The van der Waals surface area contributed by atoms with E-state index >= 15 is 0 Å². The Morgan fingerprint density at radius 3 is 2.52 bits per heavy atom. The molecule has 0 aliphatic carbocycles. The fourth-order valence-corrected chi connectivity index (χ4v) is 5.98. The summed E-state index contributed by atoms with van der Waals surface area (Å²) in [5.74, 6) is -2.18. The highest BCUT2D eigenvalue weighted by atomic mass is 16.5. The van der Waals surface area contributed by atoms with Crippen molar-refractivity contribution < 1.29 is 24.2 Å². The molecule has 4 heterocycles. The lowest BCUT2D eigenvalue weighted by atomic mass is 9.74. The van der Waals surface area contributed by atoms with Crippen LogP contribution in [0.4, 0.5) is 0 Å². The van der Waals surface area contributed by atoms with E-state index in [1.807, 2.05) is 38.2 Å². The van der Waals surface area contributed by atoms with Gasteiger partial charge < -0.3 is 24.5 Å². The molecule has 4 rings (SSSR count). The van der Waals surface area contributed by atoms with Crippen molar-refractivity contribution >= 4 is 17.7 Å². The number of likely N-dealkylation sites (N-methyl/N-ethyl adjacent to an activating group) is 1. The number of ether oxygens (including phenoxy) is 1. The zero-order valence-corrected chi connectivity index (χ0v) is 18.8. The molecule has 0 aromatic heterocycles. The van der Waals surface area contributed by atoms with Gasteiger partial charge in [0.1, 0.15) is 11.6 Å². The summed E-state index contributed by atoms with van der Waals surface area (Å²) >= 11 is 0. The van der Waals surface area contributed by atoms with Gasteiger partial charge in [0.2, 0.25) is 17.7 Å². The number of hydrogen-bond acceptors (Lipinski definition) is 5. The Hall–Kier alpha value is -2.19. The van der Waals surface area contributed by atoms with Gasteiger partial charge in [0, 0.05) is 32.7 Å². The first-order valence-corrected chi connectivity index (χ1v) is 11.2. The molecule has 0 bridgehead atoms. The summed E-state index contributed by atoms with van der Waals surface area (Å²) < 4.78 is 6.64. The summed E-state index contributed by atoms with van der Waals surface area (Å²) in [5.41, 5.74) is -2.22. The molecule has 1 N–H and O–H groups in total. The highest BCUT2D eigenvalue weighted by molar-refractivity contribution is 6.00. The molecule has 2 saturated heterocycles. The Kier molecular flexibility index (Phi) is 5.50. The van der Waals surface area contributed by atoms with Crippen molar-refractivity contribution in [2.24, 2.45) is 11.8 Å². The Balaban J connectivity index is 1.85. The van der Waals surface area contributed by atoms with Crippen LogP contribution in [0, 0.1) is 11.8 Å². The maximum atomic E-state index is 13.9. The molecule has 2 unspecified atom stereocenters. The quantitative estimate of drug-likeness (QED) is 0.643. The van der Waals surface area contributed by atoms with Crippen molar-refractivity contribution in [1.29, 1.82) is 0 Å². The van der Waals surface area contributed by atoms with E-state index in [0.29, 0.717) is 13.1 Å². The van der Waals surface area contributed by atoms with Crippen LogP contribution in [0.1, 0.15) is 33.6 Å². The third-order valence-corrected chi connectivity index (χ3v) is 7.37. The standard InChI is InChI=1S/C23H33N3O5/c1-5-8-15(2)25-12-7-10-23-17(20(29)26(13-14-27)18(23)21(25)30)16-19(28)24(4)11-6-9-22(16,3)31-23/h6-7,9-10,15-18,27H,5,8,11-14H2,1-4H3/t15?,16-,17-,18?,22+,23-/m0/s1. The molecule has 8 nitrogen and oxygen atoms in total. The Bertz CT molecular complexity index is 841. The van der Waals surface area contributed by atoms with Crippen LogP contribution in [0.25, 0.3) is 0 Å². The van der Waals surface area contributed by atoms with Crippen LogP contribution in [0.3, 0.4) is 0 Å². The van der Waals surface area contributed by atoms with Crippen molar-refractivity contribution in [2.75, 3.05) is 33.3 Å². The summed E-state index contributed by atoms with van der Waals surface area (Å²) in [5, 5.41) is 9.67. The van der Waals surface area contributed by atoms with Gasteiger partial charge in [0.05, 0.1) is 24.0 Å². The van der Waals surface area contributed by atoms with Gasteiger partial charge in [-0.1, -0.05) is 37.6 Å². The molecule has 0 radical (unpaired) electrons. The average molecular weight is 432 g/mol. The second-order valence-corrected chi connectivity index (χ2v) is 9.40. The Morgan fingerprint density at radius 2 is 1.84 bits per heavy atom. The normalized spacial score (nSPS) is 38.2. The van der Waals surface area contributed by atoms with Gasteiger partial charge in [-0.25, -0.2) is 0 Å². The number of amides is 3. The maximum Gasteiger partial charge on any atom is 0.249 e. The lowest BCUT2D eigenvalue weighted by Gasteiger charge is -2.38. The van der Waals surface area contributed by atoms with Crippen molar-refractivity contribution in [2.45, 2.75) is 56.9 Å². The highest BCUT2D eigenvalue weighted by Crippen LogP contribution is 2.57. The Labute approximate surface area is 183 Å². The number of β-amino-alcohol motifs (C(OH)–C–C–N with tert-alkyl or cyclic N) is 1. The largest absolute Gasteiger partial charge is 0.395 e. The molecule has 8 heteroatoms. The summed E-state index contributed by atoms with van der Waals surface area (Å²) in [6.07, 6.45) is 9.29. The van der Waals surface area contributed by atoms with Gasteiger partial charge in [-0.2, -0.15) is 0 Å². The van der Waals surface area contributed by atoms with Crippen molar-refractivity contribution in [3.05, 3.63) is 24.3 Å². The maximum absolute atomic E-state index is 13.9. The smallest absolute Gasteiger partial charge is 0.249 e. The topological polar surface area (TPSA) is 90.4 Å². The van der Waals surface area contributed by atoms with E-state index in [0.717, 1.165) is 12.8 Å². The zero-order valence-electron chi connectivity index (χ0n) is 18.8. The first kappa shape index (κ1) is 22.0. The summed E-state index contributed by atoms with van der Waals surface area (Å²) in [6.45, 7) is 6.57. The number of hydrogen-bond donors (Lipinski definition) is 1. The molecule has 0 aromatic rings. The minimum atomic E-state index is -1.23. The number of carbonyl (C=O) groups is 3. The second kappa shape index (κ2) is 7.74.